The van der Waals surface area contributed by atoms with Gasteiger partial charge in [0.05, 0.1) is 42.2 Å². The molecule has 3 saturated heterocycles. The number of nitrogens with one attached hydrogen (secondary N) is 3. The fraction of sp³-hybridized carbons (Fsp3) is 0.662. The normalized spacial score (nSPS) is 24.7. The van der Waals surface area contributed by atoms with E-state index in [1.54, 1.807) is 32.6 Å². The van der Waals surface area contributed by atoms with Crippen molar-refractivity contribution in [2.24, 2.45) is 17.8 Å². The quantitative estimate of drug-likeness (QED) is 0.226. The SMILES string of the molecule is CC[C@H](C)[C@@H]1NC(=O)[C@H](CC(C)C)N(C)C(=O)C[C@@H](C(=O)N2CCCCC2)N(C)C(=O)[C@H](C(C)C)N(C)C(=O)C2(CCCC2)NC(=O)[C@@H]2CCCN2C(=O)[C@H](CCc2ccc(C(F)(F)F)c(Cl)c2)NC(=O)CN(C)C(=O)[C@H](Cc2ccc(C(F)(F)F)cc2)N(C)C(=O)CN(C)C(=O)CN(C)C1=O. The highest BCUT2D eigenvalue weighted by Gasteiger charge is 2.51. The van der Waals surface area contributed by atoms with Crippen molar-refractivity contribution in [3.8, 4) is 0 Å². The first-order valence-electron chi connectivity index (χ1n) is 35.0. The molecule has 3 N–H and O–H groups in total. The van der Waals surface area contributed by atoms with Gasteiger partial charge in [0.2, 0.25) is 70.9 Å². The molecular formula is C71H101ClF6N12O12. The molecule has 2 aromatic carbocycles. The molecule has 566 valence electrons. The second-order valence-electron chi connectivity index (χ2n) is 28.7. The summed E-state index contributed by atoms with van der Waals surface area (Å²) in [6.07, 6.45) is -7.10. The smallest absolute Gasteiger partial charge is 0.343 e. The van der Waals surface area contributed by atoms with E-state index in [9.17, 15) is 69.5 Å². The van der Waals surface area contributed by atoms with Crippen molar-refractivity contribution in [1.29, 1.82) is 0 Å². The van der Waals surface area contributed by atoms with E-state index in [-0.39, 0.29) is 68.5 Å². The molecule has 0 radical (unpaired) electrons. The number of aryl methyl sites for hydroxylation is 1. The van der Waals surface area contributed by atoms with Crippen LogP contribution in [0, 0.1) is 17.8 Å². The van der Waals surface area contributed by atoms with Gasteiger partial charge in [-0.15, -0.1) is 0 Å². The predicted molar refractivity (Wildman–Crippen MR) is 366 cm³/mol. The molecule has 0 unspecified atom stereocenters. The molecule has 12 amide bonds. The Morgan fingerprint density at radius 1 is 0.608 bits per heavy atom. The molecule has 1 aliphatic carbocycles. The number of hydrogen-bond acceptors (Lipinski definition) is 12. The van der Waals surface area contributed by atoms with Gasteiger partial charge in [0, 0.05) is 75.4 Å². The highest BCUT2D eigenvalue weighted by Crippen LogP contribution is 2.37. The second-order valence-corrected chi connectivity index (χ2v) is 29.1. The number of likely N-dealkylation sites (N-methyl/N-ethyl adjacent to an activating group) is 7. The summed E-state index contributed by atoms with van der Waals surface area (Å²) in [6.45, 7) is 8.91. The Morgan fingerprint density at radius 2 is 1.20 bits per heavy atom. The average Bonchev–Trinajstić information content (AvgIpc) is 1.59. The summed E-state index contributed by atoms with van der Waals surface area (Å²) in [7, 11) is 9.10. The molecule has 0 aromatic heterocycles. The number of halogens is 7. The van der Waals surface area contributed by atoms with Gasteiger partial charge < -0.3 is 60.0 Å². The molecule has 1 saturated carbocycles. The lowest BCUT2D eigenvalue weighted by molar-refractivity contribution is -0.156. The lowest BCUT2D eigenvalue weighted by atomic mass is 9.91. The van der Waals surface area contributed by atoms with Gasteiger partial charge in [-0.2, -0.15) is 26.3 Å². The number of amides is 12. The van der Waals surface area contributed by atoms with E-state index in [1.165, 1.54) is 64.0 Å². The third-order valence-corrected chi connectivity index (χ3v) is 20.6. The van der Waals surface area contributed by atoms with Gasteiger partial charge in [-0.25, -0.2) is 0 Å². The molecule has 8 atom stereocenters. The van der Waals surface area contributed by atoms with Crippen LogP contribution in [0.3, 0.4) is 0 Å². The Labute approximate surface area is 598 Å². The molecular weight excluding hydrogens is 1360 g/mol. The third-order valence-electron chi connectivity index (χ3n) is 20.3. The summed E-state index contributed by atoms with van der Waals surface area (Å²) < 4.78 is 82.9. The van der Waals surface area contributed by atoms with E-state index in [1.807, 2.05) is 13.8 Å². The van der Waals surface area contributed by atoms with Crippen LogP contribution in [-0.4, -0.2) is 251 Å². The Bertz CT molecular complexity index is 3380. The van der Waals surface area contributed by atoms with E-state index in [0.717, 1.165) is 73.4 Å². The summed E-state index contributed by atoms with van der Waals surface area (Å²) >= 11 is 6.11. The molecule has 4 fully saturated rings. The molecule has 0 bridgehead atoms. The van der Waals surface area contributed by atoms with Crippen LogP contribution in [0.25, 0.3) is 0 Å². The zero-order chi connectivity index (χ0) is 76.2. The van der Waals surface area contributed by atoms with Gasteiger partial charge in [-0.3, -0.25) is 57.5 Å². The van der Waals surface area contributed by atoms with Crippen molar-refractivity contribution in [2.75, 3.05) is 88.6 Å². The van der Waals surface area contributed by atoms with E-state index < -0.39 is 192 Å². The molecule has 4 aliphatic rings. The Kier molecular flexibility index (Phi) is 28.8. The van der Waals surface area contributed by atoms with Gasteiger partial charge in [-0.05, 0) is 117 Å². The van der Waals surface area contributed by atoms with Crippen LogP contribution in [0.5, 0.6) is 0 Å². The average molecular weight is 1460 g/mol. The number of rotatable bonds is 11. The number of carbonyl (C=O) groups excluding carboxylic acids is 12. The van der Waals surface area contributed by atoms with E-state index in [0.29, 0.717) is 45.2 Å². The fourth-order valence-corrected chi connectivity index (χ4v) is 14.2. The Hall–Kier alpha value is -8.05. The molecule has 3 aliphatic heterocycles. The summed E-state index contributed by atoms with van der Waals surface area (Å²) in [5.41, 5.74) is -3.43. The lowest BCUT2D eigenvalue weighted by Crippen LogP contribution is -2.65. The molecule has 2 aromatic rings. The highest BCUT2D eigenvalue weighted by atomic mass is 35.5. The van der Waals surface area contributed by atoms with Crippen LogP contribution >= 0.6 is 11.6 Å². The molecule has 24 nitrogen and oxygen atoms in total. The van der Waals surface area contributed by atoms with Crippen LogP contribution in [0.1, 0.15) is 147 Å². The molecule has 102 heavy (non-hydrogen) atoms. The van der Waals surface area contributed by atoms with E-state index in [4.69, 9.17) is 11.6 Å². The Morgan fingerprint density at radius 3 is 1.76 bits per heavy atom. The van der Waals surface area contributed by atoms with Gasteiger partial charge in [-0.1, -0.05) is 90.6 Å². The third kappa shape index (κ3) is 20.6. The number of carbonyl (C=O) groups is 12. The molecule has 31 heteroatoms. The van der Waals surface area contributed by atoms with Crippen molar-refractivity contribution in [3.05, 3.63) is 69.7 Å². The van der Waals surface area contributed by atoms with Gasteiger partial charge in [0.1, 0.15) is 47.8 Å². The molecule has 6 rings (SSSR count). The first-order valence-corrected chi connectivity index (χ1v) is 35.3. The minimum atomic E-state index is -4.81. The number of fused-ring (bicyclic) bond motifs is 1. The number of alkyl halides is 6. The number of nitrogens with zero attached hydrogens (tertiary/aromatic N) is 9. The van der Waals surface area contributed by atoms with Crippen molar-refractivity contribution < 1.29 is 83.9 Å². The van der Waals surface area contributed by atoms with Gasteiger partial charge in [0.15, 0.2) is 0 Å². The monoisotopic (exact) mass is 1460 g/mol. The van der Waals surface area contributed by atoms with Gasteiger partial charge >= 0.3 is 12.4 Å². The highest BCUT2D eigenvalue weighted by molar-refractivity contribution is 6.31. The van der Waals surface area contributed by atoms with Crippen molar-refractivity contribution >= 4 is 82.5 Å². The first-order chi connectivity index (χ1) is 47.6. The minimum Gasteiger partial charge on any atom is -0.343 e. The van der Waals surface area contributed by atoms with Crippen molar-refractivity contribution in [3.63, 3.8) is 0 Å². The lowest BCUT2D eigenvalue weighted by Gasteiger charge is -2.42. The number of hydrogen-bond donors (Lipinski definition) is 3. The largest absolute Gasteiger partial charge is 0.417 e. The first kappa shape index (κ1) is 82.9. The van der Waals surface area contributed by atoms with Crippen molar-refractivity contribution in [2.45, 2.75) is 198 Å². The minimum absolute atomic E-state index is 0.0492. The standard InChI is InChI=1S/C71H101ClF6N12O12/c1-14-44(6)59-66(100)84(9)40-57(93)82(7)41-58(94)86(11)53(37-46-22-26-47(27-23-46)70(73,74)75)64(98)83(8)39-55(91)79-50(29-25-45-24-28-48(49(72)36-45)71(76,77)78)63(97)90-34-20-21-51(90)62(96)81-69(30-16-17-31-69)68(102)88(13)60(43(4)5)67(101)87(12)54(65(99)89-32-18-15-19-33-89)38-56(92)85(10)52(35-42(2)3)61(95)80-59/h22-24,26-28,36,42-44,50-54,59-60H,14-21,25,29-35,37-41H2,1-13H3,(H,79,91)(H,80,95)(H,81,96)/t44-,50-,51-,52-,53-,54-,59-,60-/m0/s1. The Balaban J connectivity index is 1.44. The van der Waals surface area contributed by atoms with Crippen LogP contribution in [0.4, 0.5) is 26.3 Å². The zero-order valence-corrected chi connectivity index (χ0v) is 61.5. The van der Waals surface area contributed by atoms with Crippen LogP contribution < -0.4 is 16.0 Å². The molecule has 3 heterocycles. The number of likely N-dealkylation sites (tertiary alicyclic amines) is 1. The topological polar surface area (TPSA) is 270 Å². The van der Waals surface area contributed by atoms with Crippen molar-refractivity contribution in [1.82, 2.24) is 60.0 Å². The molecule has 1 spiro atoms. The number of piperidine rings is 1. The fourth-order valence-electron chi connectivity index (χ4n) is 13.9. The predicted octanol–water partition coefficient (Wildman–Crippen LogP) is 5.79. The number of benzene rings is 2. The summed E-state index contributed by atoms with van der Waals surface area (Å²) in [6, 6.07) is -2.99. The van der Waals surface area contributed by atoms with Crippen LogP contribution in [0.15, 0.2) is 42.5 Å². The van der Waals surface area contributed by atoms with E-state index >= 15 is 14.4 Å². The maximum Gasteiger partial charge on any atom is 0.417 e. The van der Waals surface area contributed by atoms with E-state index in [2.05, 4.69) is 16.0 Å². The zero-order valence-electron chi connectivity index (χ0n) is 60.7. The van der Waals surface area contributed by atoms with Crippen LogP contribution in [-0.2, 0) is 82.7 Å². The maximum absolute atomic E-state index is 15.4. The van der Waals surface area contributed by atoms with Crippen LogP contribution in [0.2, 0.25) is 5.02 Å². The summed E-state index contributed by atoms with van der Waals surface area (Å²) in [5, 5.41) is 7.80. The summed E-state index contributed by atoms with van der Waals surface area (Å²) in [4.78, 5) is 188. The van der Waals surface area contributed by atoms with Gasteiger partial charge in [0.25, 0.3) is 0 Å². The summed E-state index contributed by atoms with van der Waals surface area (Å²) in [5.74, 6) is -10.7. The maximum atomic E-state index is 15.4. The second kappa shape index (κ2) is 35.4.